The summed E-state index contributed by atoms with van der Waals surface area (Å²) in [5, 5.41) is 0. The van der Waals surface area contributed by atoms with Crippen LogP contribution in [0.4, 0.5) is 4.79 Å². The quantitative estimate of drug-likeness (QED) is 0.795. The Morgan fingerprint density at radius 1 is 1.07 bits per heavy atom. The molecule has 0 saturated carbocycles. The molecule has 4 aliphatic rings. The van der Waals surface area contributed by atoms with Gasteiger partial charge in [-0.1, -0.05) is 24.3 Å². The van der Waals surface area contributed by atoms with E-state index in [1.165, 1.54) is 11.1 Å². The number of amides is 3. The molecule has 2 bridgehead atoms. The van der Waals surface area contributed by atoms with Gasteiger partial charge in [0.25, 0.3) is 0 Å². The number of piperidine rings is 1. The number of hydrogen-bond acceptors (Lipinski definition) is 3. The van der Waals surface area contributed by atoms with Crippen LogP contribution in [0, 0.1) is 5.92 Å². The molecule has 146 valence electrons. The van der Waals surface area contributed by atoms with E-state index in [4.69, 9.17) is 0 Å². The Hall–Kier alpha value is -2.08. The second-order valence-corrected chi connectivity index (χ2v) is 8.45. The van der Waals surface area contributed by atoms with E-state index in [9.17, 15) is 9.59 Å². The van der Waals surface area contributed by atoms with Crippen molar-refractivity contribution in [1.29, 1.82) is 0 Å². The first kappa shape index (κ1) is 18.3. The minimum atomic E-state index is 0.0637. The van der Waals surface area contributed by atoms with Crippen LogP contribution < -0.4 is 0 Å². The number of nitrogens with zero attached hydrogens (tertiary/aromatic N) is 4. The number of carbonyl (C=O) groups is 2. The van der Waals surface area contributed by atoms with Crippen molar-refractivity contribution >= 4 is 11.9 Å². The molecule has 6 heteroatoms. The Kier molecular flexibility index (Phi) is 5.08. The highest BCUT2D eigenvalue weighted by Gasteiger charge is 2.39. The summed E-state index contributed by atoms with van der Waals surface area (Å²) < 4.78 is 0. The van der Waals surface area contributed by atoms with Gasteiger partial charge in [-0.3, -0.25) is 9.69 Å². The summed E-state index contributed by atoms with van der Waals surface area (Å²) in [5.74, 6) is 0.627. The van der Waals surface area contributed by atoms with Crippen LogP contribution in [0.15, 0.2) is 24.3 Å². The number of rotatable bonds is 2. The smallest absolute Gasteiger partial charge is 0.319 e. The molecule has 3 amide bonds. The zero-order chi connectivity index (χ0) is 19.0. The highest BCUT2D eigenvalue weighted by atomic mass is 16.2. The molecule has 0 spiro atoms. The molecule has 6 nitrogen and oxygen atoms in total. The van der Waals surface area contributed by atoms with E-state index < -0.39 is 0 Å². The molecule has 0 radical (unpaired) electrons. The average Bonchev–Trinajstić information content (AvgIpc) is 2.99. The maximum Gasteiger partial charge on any atom is 0.319 e. The van der Waals surface area contributed by atoms with Crippen LogP contribution in [0.25, 0.3) is 0 Å². The Morgan fingerprint density at radius 2 is 1.85 bits per heavy atom. The number of urea groups is 1. The van der Waals surface area contributed by atoms with Gasteiger partial charge < -0.3 is 14.7 Å². The molecule has 27 heavy (non-hydrogen) atoms. The van der Waals surface area contributed by atoms with Gasteiger partial charge in [0.15, 0.2) is 0 Å². The summed E-state index contributed by atoms with van der Waals surface area (Å²) in [4.78, 5) is 33.4. The molecular weight excluding hydrogens is 340 g/mol. The van der Waals surface area contributed by atoms with E-state index in [2.05, 4.69) is 34.1 Å². The van der Waals surface area contributed by atoms with Crippen LogP contribution in [0.2, 0.25) is 0 Å². The fourth-order valence-electron chi connectivity index (χ4n) is 4.80. The van der Waals surface area contributed by atoms with E-state index in [0.29, 0.717) is 19.0 Å². The lowest BCUT2D eigenvalue weighted by Crippen LogP contribution is -2.51. The summed E-state index contributed by atoms with van der Waals surface area (Å²) in [6.45, 7) is 4.52. The normalized spacial score (nSPS) is 25.1. The van der Waals surface area contributed by atoms with Crippen molar-refractivity contribution in [3.8, 4) is 0 Å². The maximum atomic E-state index is 13.1. The maximum absolute atomic E-state index is 13.1. The molecule has 4 aliphatic heterocycles. The molecule has 4 heterocycles. The van der Waals surface area contributed by atoms with Gasteiger partial charge in [-0.2, -0.15) is 0 Å². The Balaban J connectivity index is 1.40. The van der Waals surface area contributed by atoms with Gasteiger partial charge in [0.2, 0.25) is 5.91 Å². The molecule has 1 aromatic rings. The third-order valence-electron chi connectivity index (χ3n) is 6.26. The van der Waals surface area contributed by atoms with Crippen LogP contribution in [-0.2, 0) is 17.8 Å². The van der Waals surface area contributed by atoms with Crippen molar-refractivity contribution in [2.24, 2.45) is 5.92 Å². The van der Waals surface area contributed by atoms with E-state index >= 15 is 0 Å². The Labute approximate surface area is 161 Å². The first-order chi connectivity index (χ1) is 13.0. The van der Waals surface area contributed by atoms with Crippen LogP contribution in [0.3, 0.4) is 0 Å². The predicted molar refractivity (Wildman–Crippen MR) is 104 cm³/mol. The van der Waals surface area contributed by atoms with Crippen molar-refractivity contribution in [3.05, 3.63) is 35.4 Å². The van der Waals surface area contributed by atoms with Crippen molar-refractivity contribution in [1.82, 2.24) is 19.6 Å². The summed E-state index contributed by atoms with van der Waals surface area (Å²) in [6.07, 6.45) is 3.14. The van der Waals surface area contributed by atoms with Crippen LogP contribution in [0.5, 0.6) is 0 Å². The van der Waals surface area contributed by atoms with Gasteiger partial charge in [0, 0.05) is 52.9 Å². The minimum absolute atomic E-state index is 0.0637. The topological polar surface area (TPSA) is 47.1 Å². The van der Waals surface area contributed by atoms with Crippen molar-refractivity contribution in [3.63, 3.8) is 0 Å². The summed E-state index contributed by atoms with van der Waals surface area (Å²) >= 11 is 0. The second-order valence-electron chi connectivity index (χ2n) is 8.45. The average molecular weight is 370 g/mol. The highest BCUT2D eigenvalue weighted by Crippen LogP contribution is 2.29. The van der Waals surface area contributed by atoms with Gasteiger partial charge in [0.1, 0.15) is 0 Å². The lowest BCUT2D eigenvalue weighted by Gasteiger charge is -2.38. The summed E-state index contributed by atoms with van der Waals surface area (Å²) in [7, 11) is 3.60. The van der Waals surface area contributed by atoms with Crippen LogP contribution >= 0.6 is 0 Å². The van der Waals surface area contributed by atoms with Gasteiger partial charge in [0.05, 0.1) is 6.54 Å². The zero-order valence-electron chi connectivity index (χ0n) is 16.4. The van der Waals surface area contributed by atoms with Gasteiger partial charge in [-0.15, -0.1) is 0 Å². The molecular formula is C21H30N4O2. The van der Waals surface area contributed by atoms with E-state index in [-0.39, 0.29) is 18.0 Å². The molecule has 3 saturated heterocycles. The molecule has 0 aliphatic carbocycles. The first-order valence-corrected chi connectivity index (χ1v) is 10.1. The highest BCUT2D eigenvalue weighted by molar-refractivity contribution is 5.79. The molecule has 0 N–H and O–H groups in total. The van der Waals surface area contributed by atoms with Crippen molar-refractivity contribution in [2.45, 2.75) is 31.8 Å². The third kappa shape index (κ3) is 3.81. The fourth-order valence-corrected chi connectivity index (χ4v) is 4.80. The summed E-state index contributed by atoms with van der Waals surface area (Å²) in [5.41, 5.74) is 2.75. The lowest BCUT2D eigenvalue weighted by molar-refractivity contribution is -0.136. The monoisotopic (exact) mass is 370 g/mol. The van der Waals surface area contributed by atoms with Gasteiger partial charge >= 0.3 is 6.03 Å². The molecule has 0 aromatic heterocycles. The van der Waals surface area contributed by atoms with Crippen LogP contribution in [-0.4, -0.2) is 84.4 Å². The first-order valence-electron chi connectivity index (χ1n) is 10.1. The largest absolute Gasteiger partial charge is 0.336 e. The summed E-state index contributed by atoms with van der Waals surface area (Å²) in [6, 6.07) is 8.76. The number of hydrogen-bond donors (Lipinski definition) is 0. The molecule has 3 fully saturated rings. The minimum Gasteiger partial charge on any atom is -0.336 e. The number of carbonyl (C=O) groups excluding carboxylic acids is 2. The third-order valence-corrected chi connectivity index (χ3v) is 6.26. The van der Waals surface area contributed by atoms with E-state index in [1.54, 1.807) is 19.0 Å². The standard InChI is InChI=1S/C21H30N4O2/c1-22(2)21(27)24-11-16-7-8-19(14-24)25(12-16)20(26)15-23-10-9-17-5-3-4-6-18(17)13-23/h3-6,16,19H,7-15H2,1-2H3/t16-,19+/m1/s1. The molecule has 1 aromatic carbocycles. The second kappa shape index (κ2) is 7.50. The zero-order valence-corrected chi connectivity index (χ0v) is 16.4. The SMILES string of the molecule is CN(C)C(=O)N1C[C@H]2CC[C@@H](C1)N(C(=O)CN1CCc3ccccc3C1)C2. The lowest BCUT2D eigenvalue weighted by atomic mass is 9.94. The molecule has 2 atom stereocenters. The van der Waals surface area contributed by atoms with E-state index in [0.717, 1.165) is 45.4 Å². The molecule has 0 unspecified atom stereocenters. The van der Waals surface area contributed by atoms with E-state index in [1.807, 2.05) is 4.90 Å². The van der Waals surface area contributed by atoms with Gasteiger partial charge in [-0.25, -0.2) is 4.79 Å². The number of fused-ring (bicyclic) bond motifs is 5. The van der Waals surface area contributed by atoms with Gasteiger partial charge in [-0.05, 0) is 36.3 Å². The Bertz CT molecular complexity index is 720. The predicted octanol–water partition coefficient (Wildman–Crippen LogP) is 1.65. The van der Waals surface area contributed by atoms with Crippen molar-refractivity contribution in [2.75, 3.05) is 46.8 Å². The number of benzene rings is 1. The van der Waals surface area contributed by atoms with Crippen LogP contribution in [0.1, 0.15) is 24.0 Å². The van der Waals surface area contributed by atoms with Crippen molar-refractivity contribution < 1.29 is 9.59 Å². The Morgan fingerprint density at radius 3 is 2.63 bits per heavy atom. The fraction of sp³-hybridized carbons (Fsp3) is 0.619. The molecule has 5 rings (SSSR count).